The van der Waals surface area contributed by atoms with Crippen molar-refractivity contribution < 1.29 is 9.90 Å². The molecule has 1 heterocycles. The number of amides is 1. The Hall–Kier alpha value is -1.39. The topological polar surface area (TPSA) is 66.6 Å². The molecule has 0 aromatic heterocycles. The highest BCUT2D eigenvalue weighted by Gasteiger charge is 2.31. The van der Waals surface area contributed by atoms with Crippen LogP contribution in [-0.4, -0.2) is 34.6 Å². The number of fused-ring (bicyclic) bond motifs is 1. The van der Waals surface area contributed by atoms with Crippen molar-refractivity contribution in [1.82, 2.24) is 4.90 Å². The SMILES string of the molecule is CC(C)C[C@H](C[C@H](O)[C@@H](N)CC1CCCCC1)C(=O)N1CCc2ccccc2C1. The zero-order chi connectivity index (χ0) is 20.8. The van der Waals surface area contributed by atoms with Gasteiger partial charge in [0.05, 0.1) is 6.10 Å². The van der Waals surface area contributed by atoms with E-state index in [1.54, 1.807) is 0 Å². The van der Waals surface area contributed by atoms with Crippen LogP contribution < -0.4 is 5.73 Å². The molecule has 1 aromatic rings. The highest BCUT2D eigenvalue weighted by molar-refractivity contribution is 5.79. The number of hydrogen-bond donors (Lipinski definition) is 2. The fraction of sp³-hybridized carbons (Fsp3) is 0.720. The lowest BCUT2D eigenvalue weighted by Crippen LogP contribution is -2.44. The van der Waals surface area contributed by atoms with E-state index in [0.717, 1.165) is 25.8 Å². The Balaban J connectivity index is 1.60. The van der Waals surface area contributed by atoms with Crippen LogP contribution >= 0.6 is 0 Å². The first-order valence-electron chi connectivity index (χ1n) is 11.7. The Kier molecular flexibility index (Phi) is 8.14. The molecule has 0 saturated heterocycles. The number of carbonyl (C=O) groups is 1. The van der Waals surface area contributed by atoms with Crippen LogP contribution in [0.5, 0.6) is 0 Å². The van der Waals surface area contributed by atoms with Gasteiger partial charge in [-0.2, -0.15) is 0 Å². The molecule has 4 heteroatoms. The second kappa shape index (κ2) is 10.6. The molecule has 1 aliphatic heterocycles. The molecule has 0 radical (unpaired) electrons. The first kappa shape index (κ1) is 22.3. The monoisotopic (exact) mass is 400 g/mol. The van der Waals surface area contributed by atoms with Gasteiger partial charge in [0.2, 0.25) is 5.91 Å². The summed E-state index contributed by atoms with van der Waals surface area (Å²) in [6.45, 7) is 5.77. The predicted molar refractivity (Wildman–Crippen MR) is 118 cm³/mol. The molecular weight excluding hydrogens is 360 g/mol. The lowest BCUT2D eigenvalue weighted by molar-refractivity contribution is -0.138. The molecule has 1 saturated carbocycles. The molecule has 3 atom stereocenters. The predicted octanol–water partition coefficient (Wildman–Crippen LogP) is 4.28. The summed E-state index contributed by atoms with van der Waals surface area (Å²) in [4.78, 5) is 15.4. The smallest absolute Gasteiger partial charge is 0.226 e. The van der Waals surface area contributed by atoms with E-state index in [1.807, 2.05) is 11.0 Å². The number of carbonyl (C=O) groups excluding carboxylic acids is 1. The molecular formula is C25H40N2O2. The highest BCUT2D eigenvalue weighted by atomic mass is 16.3. The summed E-state index contributed by atoms with van der Waals surface area (Å²) in [6, 6.07) is 8.19. The van der Waals surface area contributed by atoms with Gasteiger partial charge in [-0.15, -0.1) is 0 Å². The Morgan fingerprint density at radius 3 is 2.52 bits per heavy atom. The van der Waals surface area contributed by atoms with Crippen LogP contribution in [0.25, 0.3) is 0 Å². The molecule has 3 rings (SSSR count). The summed E-state index contributed by atoms with van der Waals surface area (Å²) in [5, 5.41) is 10.8. The van der Waals surface area contributed by atoms with Crippen LogP contribution in [0.15, 0.2) is 24.3 Å². The maximum Gasteiger partial charge on any atom is 0.226 e. The number of rotatable bonds is 8. The zero-order valence-electron chi connectivity index (χ0n) is 18.4. The van der Waals surface area contributed by atoms with E-state index in [0.29, 0.717) is 24.8 Å². The number of aliphatic hydroxyl groups excluding tert-OH is 1. The van der Waals surface area contributed by atoms with Gasteiger partial charge in [0.1, 0.15) is 0 Å². The first-order chi connectivity index (χ1) is 13.9. The van der Waals surface area contributed by atoms with E-state index in [9.17, 15) is 9.90 Å². The van der Waals surface area contributed by atoms with Crippen molar-refractivity contribution in [3.8, 4) is 0 Å². The van der Waals surface area contributed by atoms with Crippen LogP contribution in [0.4, 0.5) is 0 Å². The van der Waals surface area contributed by atoms with Gasteiger partial charge in [0.25, 0.3) is 0 Å². The quantitative estimate of drug-likeness (QED) is 0.684. The van der Waals surface area contributed by atoms with Crippen LogP contribution in [-0.2, 0) is 17.8 Å². The minimum Gasteiger partial charge on any atom is -0.391 e. The Morgan fingerprint density at radius 2 is 1.83 bits per heavy atom. The van der Waals surface area contributed by atoms with Crippen molar-refractivity contribution in [2.75, 3.05) is 6.54 Å². The van der Waals surface area contributed by atoms with Crippen LogP contribution in [0.3, 0.4) is 0 Å². The van der Waals surface area contributed by atoms with E-state index in [1.165, 1.54) is 43.2 Å². The van der Waals surface area contributed by atoms with E-state index in [2.05, 4.69) is 32.0 Å². The molecule has 1 fully saturated rings. The number of nitrogens with two attached hydrogens (primary N) is 1. The van der Waals surface area contributed by atoms with Gasteiger partial charge in [-0.3, -0.25) is 4.79 Å². The molecule has 0 unspecified atom stereocenters. The normalized spacial score (nSPS) is 20.9. The highest BCUT2D eigenvalue weighted by Crippen LogP contribution is 2.30. The van der Waals surface area contributed by atoms with Gasteiger partial charge in [-0.1, -0.05) is 70.2 Å². The van der Waals surface area contributed by atoms with Crippen molar-refractivity contribution in [3.05, 3.63) is 35.4 Å². The third-order valence-corrected chi connectivity index (χ3v) is 6.90. The van der Waals surface area contributed by atoms with Crippen molar-refractivity contribution in [1.29, 1.82) is 0 Å². The summed E-state index contributed by atoms with van der Waals surface area (Å²) in [5.41, 5.74) is 9.00. The van der Waals surface area contributed by atoms with Crippen LogP contribution in [0.2, 0.25) is 0 Å². The van der Waals surface area contributed by atoms with Crippen molar-refractivity contribution in [2.24, 2.45) is 23.5 Å². The summed E-state index contributed by atoms with van der Waals surface area (Å²) < 4.78 is 0. The second-order valence-electron chi connectivity index (χ2n) is 9.81. The maximum absolute atomic E-state index is 13.4. The Labute approximate surface area is 176 Å². The fourth-order valence-corrected chi connectivity index (χ4v) is 5.24. The molecule has 162 valence electrons. The third-order valence-electron chi connectivity index (χ3n) is 6.90. The van der Waals surface area contributed by atoms with Gasteiger partial charge in [-0.25, -0.2) is 0 Å². The number of benzene rings is 1. The lowest BCUT2D eigenvalue weighted by Gasteiger charge is -2.34. The summed E-state index contributed by atoms with van der Waals surface area (Å²) >= 11 is 0. The van der Waals surface area contributed by atoms with Crippen LogP contribution in [0.1, 0.15) is 76.3 Å². The standard InChI is InChI=1S/C25H40N2O2/c1-18(2)14-22(16-24(28)23(26)15-19-8-4-3-5-9-19)25(29)27-13-12-20-10-6-7-11-21(20)17-27/h6-7,10-11,18-19,22-24,28H,3-5,8-9,12-17,26H2,1-2H3/t22-,23+,24+/m1/s1. The molecule has 0 spiro atoms. The summed E-state index contributed by atoms with van der Waals surface area (Å²) in [7, 11) is 0. The van der Waals surface area contributed by atoms with Gasteiger partial charge in [-0.05, 0) is 48.6 Å². The largest absolute Gasteiger partial charge is 0.391 e. The maximum atomic E-state index is 13.4. The summed E-state index contributed by atoms with van der Waals surface area (Å²) in [5.74, 6) is 1.11. The molecule has 1 aromatic carbocycles. The Bertz CT molecular complexity index is 654. The van der Waals surface area contributed by atoms with E-state index in [-0.39, 0.29) is 17.9 Å². The summed E-state index contributed by atoms with van der Waals surface area (Å²) in [6.07, 6.45) is 8.90. The lowest BCUT2D eigenvalue weighted by atomic mass is 9.81. The molecule has 3 N–H and O–H groups in total. The first-order valence-corrected chi connectivity index (χ1v) is 11.7. The molecule has 0 bridgehead atoms. The fourth-order valence-electron chi connectivity index (χ4n) is 5.24. The number of aliphatic hydroxyl groups is 1. The molecule has 29 heavy (non-hydrogen) atoms. The van der Waals surface area contributed by atoms with Gasteiger partial charge < -0.3 is 15.7 Å². The molecule has 1 aliphatic carbocycles. The Morgan fingerprint density at radius 1 is 1.14 bits per heavy atom. The van der Waals surface area contributed by atoms with E-state index >= 15 is 0 Å². The molecule has 1 amide bonds. The van der Waals surface area contributed by atoms with Gasteiger partial charge in [0.15, 0.2) is 0 Å². The van der Waals surface area contributed by atoms with Crippen molar-refractivity contribution >= 4 is 5.91 Å². The molecule has 2 aliphatic rings. The van der Waals surface area contributed by atoms with Crippen molar-refractivity contribution in [2.45, 2.75) is 90.3 Å². The van der Waals surface area contributed by atoms with Gasteiger partial charge >= 0.3 is 0 Å². The van der Waals surface area contributed by atoms with Crippen molar-refractivity contribution in [3.63, 3.8) is 0 Å². The van der Waals surface area contributed by atoms with E-state index in [4.69, 9.17) is 5.73 Å². The second-order valence-corrected chi connectivity index (χ2v) is 9.81. The van der Waals surface area contributed by atoms with Crippen LogP contribution in [0, 0.1) is 17.8 Å². The average molecular weight is 401 g/mol. The van der Waals surface area contributed by atoms with E-state index < -0.39 is 6.10 Å². The van der Waals surface area contributed by atoms with Gasteiger partial charge in [0, 0.05) is 25.0 Å². The third kappa shape index (κ3) is 6.29. The number of hydrogen-bond acceptors (Lipinski definition) is 3. The number of nitrogens with zero attached hydrogens (tertiary/aromatic N) is 1. The minimum absolute atomic E-state index is 0.146. The average Bonchev–Trinajstić information content (AvgIpc) is 2.72. The minimum atomic E-state index is -0.596. The molecule has 4 nitrogen and oxygen atoms in total. The zero-order valence-corrected chi connectivity index (χ0v) is 18.4.